The van der Waals surface area contributed by atoms with Crippen LogP contribution < -0.4 is 0 Å². The number of aryl methyl sites for hydroxylation is 1. The van der Waals surface area contributed by atoms with Crippen molar-refractivity contribution in [3.8, 4) is 0 Å². The number of carboxylic acids is 1. The molecule has 0 atom stereocenters. The average Bonchev–Trinajstić information content (AvgIpc) is 2.86. The predicted molar refractivity (Wildman–Crippen MR) is 154 cm³/mol. The van der Waals surface area contributed by atoms with Crippen LogP contribution in [0, 0.1) is 0 Å². The zero-order chi connectivity index (χ0) is 25.4. The van der Waals surface area contributed by atoms with Crippen molar-refractivity contribution in [3.05, 3.63) is 34.9 Å². The molecule has 0 aromatic heterocycles. The van der Waals surface area contributed by atoms with Gasteiger partial charge in [0, 0.05) is 0 Å². The minimum Gasteiger partial charge on any atom is -0.478 e. The Kier molecular flexibility index (Phi) is 20.9. The van der Waals surface area contributed by atoms with Crippen LogP contribution in [0.3, 0.4) is 0 Å². The van der Waals surface area contributed by atoms with Crippen molar-refractivity contribution < 1.29 is 9.90 Å². The summed E-state index contributed by atoms with van der Waals surface area (Å²) in [7, 11) is 0. The third-order valence-corrected chi connectivity index (χ3v) is 7.58. The molecule has 2 nitrogen and oxygen atoms in total. The van der Waals surface area contributed by atoms with Gasteiger partial charge in [-0.05, 0) is 42.9 Å². The van der Waals surface area contributed by atoms with Gasteiger partial charge in [0.15, 0.2) is 0 Å². The minimum absolute atomic E-state index is 0.539. The van der Waals surface area contributed by atoms with Crippen LogP contribution in [-0.4, -0.2) is 11.1 Å². The van der Waals surface area contributed by atoms with E-state index < -0.39 is 5.97 Å². The summed E-state index contributed by atoms with van der Waals surface area (Å²) in [5, 5.41) is 9.72. The first-order valence-electron chi connectivity index (χ1n) is 15.5. The van der Waals surface area contributed by atoms with Crippen molar-refractivity contribution in [2.24, 2.45) is 0 Å². The van der Waals surface area contributed by atoms with Gasteiger partial charge in [-0.1, -0.05) is 154 Å². The molecule has 0 bridgehead atoms. The topological polar surface area (TPSA) is 37.3 Å². The molecule has 1 aromatic rings. The summed E-state index contributed by atoms with van der Waals surface area (Å²) in [6, 6.07) is 5.92. The molecule has 1 rings (SSSR count). The van der Waals surface area contributed by atoms with Crippen molar-refractivity contribution in [1.82, 2.24) is 0 Å². The zero-order valence-electron chi connectivity index (χ0n) is 23.6. The fourth-order valence-electron chi connectivity index (χ4n) is 5.31. The lowest BCUT2D eigenvalue weighted by Crippen LogP contribution is -2.06. The van der Waals surface area contributed by atoms with Crippen molar-refractivity contribution in [2.75, 3.05) is 0 Å². The molecule has 2 heteroatoms. The van der Waals surface area contributed by atoms with Crippen LogP contribution >= 0.6 is 0 Å². The second-order valence-electron chi connectivity index (χ2n) is 10.8. The Labute approximate surface area is 218 Å². The van der Waals surface area contributed by atoms with E-state index in [1.807, 2.05) is 6.07 Å². The maximum absolute atomic E-state index is 11.8. The summed E-state index contributed by atoms with van der Waals surface area (Å²) >= 11 is 0. The fraction of sp³-hybridized carbons (Fsp3) is 0.788. The lowest BCUT2D eigenvalue weighted by Gasteiger charge is -2.13. The highest BCUT2D eigenvalue weighted by atomic mass is 16.4. The fourth-order valence-corrected chi connectivity index (χ4v) is 5.31. The van der Waals surface area contributed by atoms with Gasteiger partial charge in [-0.3, -0.25) is 0 Å². The number of unbranched alkanes of at least 4 members (excludes halogenated alkanes) is 20. The van der Waals surface area contributed by atoms with E-state index in [4.69, 9.17) is 0 Å². The van der Waals surface area contributed by atoms with Crippen LogP contribution in [0.25, 0.3) is 0 Å². The summed E-state index contributed by atoms with van der Waals surface area (Å²) in [5.74, 6) is -0.761. The Bertz CT molecular complexity index is 622. The highest BCUT2D eigenvalue weighted by Gasteiger charge is 2.13. The molecule has 0 unspecified atom stereocenters. The Morgan fingerprint density at radius 2 is 0.914 bits per heavy atom. The van der Waals surface area contributed by atoms with Crippen LogP contribution in [0.15, 0.2) is 18.2 Å². The molecule has 0 amide bonds. The SMILES string of the molecule is CCCCCCCCCCCCCCCCc1c(CCCCCCCCCC)cccc1C(=O)O. The summed E-state index contributed by atoms with van der Waals surface area (Å²) < 4.78 is 0. The molecular formula is C33H58O2. The van der Waals surface area contributed by atoms with Crippen LogP contribution in [0.5, 0.6) is 0 Å². The Hall–Kier alpha value is -1.31. The van der Waals surface area contributed by atoms with Crippen molar-refractivity contribution in [1.29, 1.82) is 0 Å². The first kappa shape index (κ1) is 31.7. The number of benzene rings is 1. The normalized spacial score (nSPS) is 11.3. The molecule has 1 aromatic carbocycles. The average molecular weight is 487 g/mol. The smallest absolute Gasteiger partial charge is 0.335 e. The van der Waals surface area contributed by atoms with E-state index in [1.54, 1.807) is 6.07 Å². The molecule has 202 valence electrons. The van der Waals surface area contributed by atoms with E-state index >= 15 is 0 Å². The molecule has 0 aliphatic carbocycles. The molecule has 0 fully saturated rings. The van der Waals surface area contributed by atoms with Crippen LogP contribution in [0.2, 0.25) is 0 Å². The molecule has 0 saturated heterocycles. The second kappa shape index (κ2) is 23.1. The molecule has 0 radical (unpaired) electrons. The summed E-state index contributed by atoms with van der Waals surface area (Å²) in [5.41, 5.74) is 2.93. The van der Waals surface area contributed by atoms with E-state index in [-0.39, 0.29) is 0 Å². The Morgan fingerprint density at radius 3 is 1.31 bits per heavy atom. The largest absolute Gasteiger partial charge is 0.478 e. The van der Waals surface area contributed by atoms with E-state index in [9.17, 15) is 9.90 Å². The van der Waals surface area contributed by atoms with Gasteiger partial charge in [-0.25, -0.2) is 4.79 Å². The third-order valence-electron chi connectivity index (χ3n) is 7.58. The predicted octanol–water partition coefficient (Wildman–Crippen LogP) is 11.1. The summed E-state index contributed by atoms with van der Waals surface area (Å²) in [4.78, 5) is 11.8. The summed E-state index contributed by atoms with van der Waals surface area (Å²) in [6.07, 6.45) is 31.5. The first-order chi connectivity index (χ1) is 17.2. The van der Waals surface area contributed by atoms with Gasteiger partial charge >= 0.3 is 5.97 Å². The second-order valence-corrected chi connectivity index (χ2v) is 10.8. The highest BCUT2D eigenvalue weighted by Crippen LogP contribution is 2.22. The minimum atomic E-state index is -0.761. The van der Waals surface area contributed by atoms with E-state index in [0.717, 1.165) is 24.8 Å². The molecule has 0 heterocycles. The summed E-state index contributed by atoms with van der Waals surface area (Å²) in [6.45, 7) is 4.55. The first-order valence-corrected chi connectivity index (χ1v) is 15.5. The molecule has 0 saturated carbocycles. The number of aromatic carboxylic acids is 1. The lowest BCUT2D eigenvalue weighted by molar-refractivity contribution is 0.0695. The molecule has 0 spiro atoms. The molecule has 0 aliphatic heterocycles. The van der Waals surface area contributed by atoms with Crippen molar-refractivity contribution in [2.45, 2.75) is 168 Å². The lowest BCUT2D eigenvalue weighted by atomic mass is 9.92. The van der Waals surface area contributed by atoms with Gasteiger partial charge in [-0.2, -0.15) is 0 Å². The number of hydrogen-bond donors (Lipinski definition) is 1. The van der Waals surface area contributed by atoms with Gasteiger partial charge < -0.3 is 5.11 Å². The van der Waals surface area contributed by atoms with E-state index in [1.165, 1.54) is 140 Å². The van der Waals surface area contributed by atoms with Crippen LogP contribution in [0.1, 0.15) is 177 Å². The maximum atomic E-state index is 11.8. The number of hydrogen-bond acceptors (Lipinski definition) is 1. The number of carboxylic acid groups (broad SMARTS) is 1. The number of carbonyl (C=O) groups is 1. The quantitative estimate of drug-likeness (QED) is 0.139. The molecule has 0 aliphatic rings. The van der Waals surface area contributed by atoms with E-state index in [2.05, 4.69) is 19.9 Å². The number of rotatable bonds is 25. The molecule has 1 N–H and O–H groups in total. The maximum Gasteiger partial charge on any atom is 0.335 e. The highest BCUT2D eigenvalue weighted by molar-refractivity contribution is 5.89. The van der Waals surface area contributed by atoms with Crippen LogP contribution in [-0.2, 0) is 12.8 Å². The van der Waals surface area contributed by atoms with Gasteiger partial charge in [0.05, 0.1) is 5.56 Å². The molecule has 35 heavy (non-hydrogen) atoms. The van der Waals surface area contributed by atoms with Gasteiger partial charge in [0.1, 0.15) is 0 Å². The van der Waals surface area contributed by atoms with Gasteiger partial charge in [0.25, 0.3) is 0 Å². The monoisotopic (exact) mass is 486 g/mol. The van der Waals surface area contributed by atoms with Gasteiger partial charge in [-0.15, -0.1) is 0 Å². The van der Waals surface area contributed by atoms with Crippen LogP contribution in [0.4, 0.5) is 0 Å². The Balaban J connectivity index is 2.20. The van der Waals surface area contributed by atoms with Crippen molar-refractivity contribution >= 4 is 5.97 Å². The Morgan fingerprint density at radius 1 is 0.543 bits per heavy atom. The third kappa shape index (κ3) is 16.9. The zero-order valence-corrected chi connectivity index (χ0v) is 23.6. The van der Waals surface area contributed by atoms with E-state index in [0.29, 0.717) is 5.56 Å². The van der Waals surface area contributed by atoms with Gasteiger partial charge in [0.2, 0.25) is 0 Å². The standard InChI is InChI=1S/C33H58O2/c1-3-5-7-9-11-13-14-15-16-17-18-20-22-24-28-31-30(27-25-29-32(31)33(34)35)26-23-21-19-12-10-8-6-4-2/h25,27,29H,3-24,26,28H2,1-2H3,(H,34,35). The van der Waals surface area contributed by atoms with Crippen molar-refractivity contribution in [3.63, 3.8) is 0 Å². The molecular weight excluding hydrogens is 428 g/mol.